The van der Waals surface area contributed by atoms with Gasteiger partial charge in [0.25, 0.3) is 0 Å². The number of hydrogen-bond acceptors (Lipinski definition) is 5. The Bertz CT molecular complexity index is 840. The first kappa shape index (κ1) is 19.7. The maximum absolute atomic E-state index is 12.3. The molecular weight excluding hydrogens is 356 g/mol. The lowest BCUT2D eigenvalue weighted by atomic mass is 9.98. The van der Waals surface area contributed by atoms with Gasteiger partial charge in [0, 0.05) is 6.42 Å². The van der Waals surface area contributed by atoms with Crippen LogP contribution in [0.5, 0.6) is 0 Å². The van der Waals surface area contributed by atoms with E-state index in [-0.39, 0.29) is 19.4 Å². The molecule has 1 unspecified atom stereocenters. The van der Waals surface area contributed by atoms with Crippen molar-refractivity contribution in [1.82, 2.24) is 0 Å². The lowest BCUT2D eigenvalue weighted by Crippen LogP contribution is -2.45. The van der Waals surface area contributed by atoms with E-state index in [0.29, 0.717) is 13.0 Å². The minimum atomic E-state index is -1.25. The summed E-state index contributed by atoms with van der Waals surface area (Å²) in [4.78, 5) is 24.4. The number of ether oxygens (including phenoxy) is 3. The number of esters is 2. The van der Waals surface area contributed by atoms with Crippen molar-refractivity contribution in [1.29, 1.82) is 0 Å². The van der Waals surface area contributed by atoms with Gasteiger partial charge in [-0.15, -0.1) is 6.42 Å². The molecule has 144 valence electrons. The molecule has 0 N–H and O–H groups in total. The molecule has 1 aliphatic rings. The van der Waals surface area contributed by atoms with Crippen LogP contribution in [0, 0.1) is 12.3 Å². The molecule has 0 amide bonds. The Morgan fingerprint density at radius 1 is 1.00 bits per heavy atom. The first-order chi connectivity index (χ1) is 13.6. The molecule has 5 nitrogen and oxygen atoms in total. The van der Waals surface area contributed by atoms with Gasteiger partial charge < -0.3 is 14.2 Å². The monoisotopic (exact) mass is 378 g/mol. The van der Waals surface area contributed by atoms with E-state index in [0.717, 1.165) is 11.1 Å². The van der Waals surface area contributed by atoms with Crippen LogP contribution < -0.4 is 0 Å². The van der Waals surface area contributed by atoms with Crippen molar-refractivity contribution >= 4 is 11.9 Å². The quantitative estimate of drug-likeness (QED) is 0.548. The lowest BCUT2D eigenvalue weighted by molar-refractivity contribution is -0.162. The highest BCUT2D eigenvalue weighted by Crippen LogP contribution is 2.29. The molecule has 1 heterocycles. The molecule has 2 aromatic rings. The van der Waals surface area contributed by atoms with Crippen LogP contribution in [0.25, 0.3) is 0 Å². The van der Waals surface area contributed by atoms with Gasteiger partial charge in [-0.2, -0.15) is 0 Å². The molecule has 0 saturated carbocycles. The second kappa shape index (κ2) is 9.20. The predicted molar refractivity (Wildman–Crippen MR) is 103 cm³/mol. The van der Waals surface area contributed by atoms with E-state index in [9.17, 15) is 9.59 Å². The molecule has 1 fully saturated rings. The summed E-state index contributed by atoms with van der Waals surface area (Å²) in [6, 6.07) is 18.6. The first-order valence-electron chi connectivity index (χ1n) is 9.16. The largest absolute Gasteiger partial charge is 0.461 e. The second-order valence-electron chi connectivity index (χ2n) is 6.63. The molecule has 5 heteroatoms. The van der Waals surface area contributed by atoms with E-state index in [2.05, 4.69) is 5.92 Å². The standard InChI is InChI=1S/C23H22O5/c1-2-23(17-26-21(24)15-18-9-5-3-6-10-18)20(13-14-27-23)28-22(25)16-19-11-7-4-8-12-19/h1,3-12,20H,13-17H2/t20-,23?/m0/s1. The van der Waals surface area contributed by atoms with Gasteiger partial charge in [-0.1, -0.05) is 66.6 Å². The molecule has 1 aliphatic heterocycles. The summed E-state index contributed by atoms with van der Waals surface area (Å²) in [6.45, 7) is 0.183. The van der Waals surface area contributed by atoms with Gasteiger partial charge in [-0.25, -0.2) is 0 Å². The van der Waals surface area contributed by atoms with Crippen molar-refractivity contribution in [3.05, 3.63) is 71.8 Å². The average molecular weight is 378 g/mol. The molecule has 0 bridgehead atoms. The fraction of sp³-hybridized carbons (Fsp3) is 0.304. The number of hydrogen-bond donors (Lipinski definition) is 0. The molecule has 0 aliphatic carbocycles. The summed E-state index contributed by atoms with van der Waals surface area (Å²) in [6.07, 6.45) is 5.76. The number of carbonyl (C=O) groups excluding carboxylic acids is 2. The average Bonchev–Trinajstić information content (AvgIpc) is 3.10. The van der Waals surface area contributed by atoms with E-state index in [1.807, 2.05) is 60.7 Å². The Labute approximate surface area is 164 Å². The smallest absolute Gasteiger partial charge is 0.310 e. The van der Waals surface area contributed by atoms with Crippen molar-refractivity contribution in [3.63, 3.8) is 0 Å². The van der Waals surface area contributed by atoms with Crippen molar-refractivity contribution in [2.24, 2.45) is 0 Å². The van der Waals surface area contributed by atoms with E-state index in [1.54, 1.807) is 0 Å². The Balaban J connectivity index is 1.57. The lowest BCUT2D eigenvalue weighted by Gasteiger charge is -2.28. The molecule has 1 saturated heterocycles. The van der Waals surface area contributed by atoms with E-state index < -0.39 is 23.6 Å². The maximum Gasteiger partial charge on any atom is 0.310 e. The van der Waals surface area contributed by atoms with Crippen molar-refractivity contribution in [2.75, 3.05) is 13.2 Å². The SMILES string of the molecule is C#CC1(COC(=O)Cc2ccccc2)OCC[C@@H]1OC(=O)Cc1ccccc1. The molecule has 0 radical (unpaired) electrons. The van der Waals surface area contributed by atoms with Crippen LogP contribution in [0.4, 0.5) is 0 Å². The van der Waals surface area contributed by atoms with Crippen LogP contribution in [0.2, 0.25) is 0 Å². The normalized spacial score (nSPS) is 20.9. The third-order valence-corrected chi connectivity index (χ3v) is 4.61. The minimum absolute atomic E-state index is 0.139. The Hall–Kier alpha value is -3.10. The van der Waals surface area contributed by atoms with Gasteiger partial charge in [0.05, 0.1) is 19.4 Å². The Morgan fingerprint density at radius 2 is 1.57 bits per heavy atom. The van der Waals surface area contributed by atoms with Gasteiger partial charge in [0.15, 0.2) is 5.60 Å². The molecular formula is C23H22O5. The molecule has 2 aromatic carbocycles. The topological polar surface area (TPSA) is 61.8 Å². The van der Waals surface area contributed by atoms with Gasteiger partial charge in [-0.05, 0) is 11.1 Å². The number of rotatable bonds is 7. The summed E-state index contributed by atoms with van der Waals surface area (Å²) < 4.78 is 16.6. The molecule has 0 aromatic heterocycles. The van der Waals surface area contributed by atoms with Gasteiger partial charge in [-0.3, -0.25) is 9.59 Å². The van der Waals surface area contributed by atoms with Crippen molar-refractivity contribution in [2.45, 2.75) is 31.0 Å². The highest BCUT2D eigenvalue weighted by Gasteiger charge is 2.47. The van der Waals surface area contributed by atoms with Crippen LogP contribution in [0.3, 0.4) is 0 Å². The summed E-state index contributed by atoms with van der Waals surface area (Å²) in [5.41, 5.74) is 0.450. The predicted octanol–water partition coefficient (Wildman–Crippen LogP) is 2.72. The fourth-order valence-corrected chi connectivity index (χ4v) is 3.10. The minimum Gasteiger partial charge on any atom is -0.461 e. The number of terminal acetylenes is 1. The molecule has 2 atom stereocenters. The summed E-state index contributed by atoms with van der Waals surface area (Å²) in [5, 5.41) is 0. The van der Waals surface area contributed by atoms with Crippen LogP contribution in [0.15, 0.2) is 60.7 Å². The van der Waals surface area contributed by atoms with Crippen molar-refractivity contribution in [3.8, 4) is 12.3 Å². The third kappa shape index (κ3) is 4.99. The third-order valence-electron chi connectivity index (χ3n) is 4.61. The zero-order chi connectivity index (χ0) is 19.8. The van der Waals surface area contributed by atoms with Gasteiger partial charge >= 0.3 is 11.9 Å². The van der Waals surface area contributed by atoms with Crippen LogP contribution in [-0.2, 0) is 36.6 Å². The summed E-state index contributed by atoms with van der Waals surface area (Å²) in [7, 11) is 0. The molecule has 28 heavy (non-hydrogen) atoms. The van der Waals surface area contributed by atoms with Crippen LogP contribution >= 0.6 is 0 Å². The summed E-state index contributed by atoms with van der Waals surface area (Å²) >= 11 is 0. The fourth-order valence-electron chi connectivity index (χ4n) is 3.10. The number of benzene rings is 2. The van der Waals surface area contributed by atoms with E-state index >= 15 is 0 Å². The van der Waals surface area contributed by atoms with Crippen molar-refractivity contribution < 1.29 is 23.8 Å². The maximum atomic E-state index is 12.3. The second-order valence-corrected chi connectivity index (χ2v) is 6.63. The Kier molecular flexibility index (Phi) is 6.46. The summed E-state index contributed by atoms with van der Waals surface area (Å²) in [5.74, 6) is 1.74. The molecule has 0 spiro atoms. The van der Waals surface area contributed by atoms with Crippen LogP contribution in [0.1, 0.15) is 17.5 Å². The van der Waals surface area contributed by atoms with E-state index in [4.69, 9.17) is 20.6 Å². The Morgan fingerprint density at radius 3 is 2.14 bits per heavy atom. The number of carbonyl (C=O) groups is 2. The van der Waals surface area contributed by atoms with E-state index in [1.165, 1.54) is 0 Å². The first-order valence-corrected chi connectivity index (χ1v) is 9.16. The van der Waals surface area contributed by atoms with Crippen LogP contribution in [-0.4, -0.2) is 36.9 Å². The van der Waals surface area contributed by atoms with Gasteiger partial charge in [0.2, 0.25) is 0 Å². The zero-order valence-electron chi connectivity index (χ0n) is 15.5. The van der Waals surface area contributed by atoms with Gasteiger partial charge in [0.1, 0.15) is 12.7 Å². The molecule has 3 rings (SSSR count). The highest BCUT2D eigenvalue weighted by atomic mass is 16.6. The highest BCUT2D eigenvalue weighted by molar-refractivity contribution is 5.73. The zero-order valence-corrected chi connectivity index (χ0v) is 15.5.